The molecule has 0 aliphatic carbocycles. The molecule has 0 fully saturated rings. The lowest BCUT2D eigenvalue weighted by molar-refractivity contribution is -0.116. The predicted octanol–water partition coefficient (Wildman–Crippen LogP) is 3.02. The van der Waals surface area contributed by atoms with E-state index < -0.39 is 0 Å². The smallest absolute Gasteiger partial charge is 0.226 e. The van der Waals surface area contributed by atoms with E-state index in [9.17, 15) is 9.59 Å². The second kappa shape index (κ2) is 8.80. The van der Waals surface area contributed by atoms with Crippen LogP contribution >= 0.6 is 11.3 Å². The molecule has 0 unspecified atom stereocenters. The number of nitrogens with one attached hydrogen (secondary N) is 1. The Labute approximate surface area is 149 Å². The van der Waals surface area contributed by atoms with Gasteiger partial charge in [-0.15, -0.1) is 11.3 Å². The van der Waals surface area contributed by atoms with Gasteiger partial charge in [0.25, 0.3) is 0 Å². The maximum atomic E-state index is 11.9. The van der Waals surface area contributed by atoms with Crippen LogP contribution in [0.5, 0.6) is 11.5 Å². The minimum absolute atomic E-state index is 0.137. The normalized spacial score (nSPS) is 9.96. The summed E-state index contributed by atoms with van der Waals surface area (Å²) >= 11 is 1.21. The van der Waals surface area contributed by atoms with Gasteiger partial charge in [-0.05, 0) is 18.6 Å². The van der Waals surface area contributed by atoms with Crippen LogP contribution in [0.3, 0.4) is 0 Å². The first-order valence-electron chi connectivity index (χ1n) is 7.50. The number of carbonyl (C=O) groups excluding carboxylic acids is 2. The predicted molar refractivity (Wildman–Crippen MR) is 93.2 cm³/mol. The molecule has 2 aromatic rings. The molecule has 7 nitrogen and oxygen atoms in total. The Morgan fingerprint density at radius 3 is 2.80 bits per heavy atom. The van der Waals surface area contributed by atoms with Crippen molar-refractivity contribution < 1.29 is 19.1 Å². The molecule has 1 aromatic carbocycles. The van der Waals surface area contributed by atoms with Crippen molar-refractivity contribution in [3.8, 4) is 17.6 Å². The molecule has 8 heteroatoms. The maximum Gasteiger partial charge on any atom is 0.226 e. The molecular weight excluding hydrogens is 342 g/mol. The number of amides is 1. The van der Waals surface area contributed by atoms with E-state index in [-0.39, 0.29) is 18.1 Å². The molecule has 1 amide bonds. The number of aromatic nitrogens is 1. The van der Waals surface area contributed by atoms with Gasteiger partial charge in [0, 0.05) is 24.8 Å². The second-order valence-corrected chi connectivity index (χ2v) is 5.93. The SMILES string of the molecule is COc1cc(C#N)ccc1OCCCC(=O)Nc1nc(C(C)=O)cs1. The van der Waals surface area contributed by atoms with Crippen LogP contribution in [-0.4, -0.2) is 30.4 Å². The zero-order valence-electron chi connectivity index (χ0n) is 13.9. The molecule has 0 aliphatic heterocycles. The van der Waals surface area contributed by atoms with Crippen molar-refractivity contribution in [1.29, 1.82) is 5.26 Å². The number of hydrogen-bond acceptors (Lipinski definition) is 7. The van der Waals surface area contributed by atoms with Crippen LogP contribution in [0.25, 0.3) is 0 Å². The first-order valence-corrected chi connectivity index (χ1v) is 8.38. The quantitative estimate of drug-likeness (QED) is 0.574. The standard InChI is InChI=1S/C17H17N3O4S/c1-11(21)13-10-25-17(19-13)20-16(22)4-3-7-24-14-6-5-12(9-18)8-15(14)23-2/h5-6,8,10H,3-4,7H2,1-2H3,(H,19,20,22). The summed E-state index contributed by atoms with van der Waals surface area (Å²) in [6, 6.07) is 6.92. The van der Waals surface area contributed by atoms with Crippen molar-refractivity contribution in [2.45, 2.75) is 19.8 Å². The van der Waals surface area contributed by atoms with Crippen LogP contribution in [0.1, 0.15) is 35.8 Å². The van der Waals surface area contributed by atoms with Crippen LogP contribution in [0.2, 0.25) is 0 Å². The Morgan fingerprint density at radius 2 is 2.16 bits per heavy atom. The summed E-state index contributed by atoms with van der Waals surface area (Å²) in [5, 5.41) is 13.5. The monoisotopic (exact) mass is 359 g/mol. The highest BCUT2D eigenvalue weighted by molar-refractivity contribution is 7.14. The maximum absolute atomic E-state index is 11.9. The number of thiazole rings is 1. The van der Waals surface area contributed by atoms with Crippen LogP contribution in [-0.2, 0) is 4.79 Å². The third kappa shape index (κ3) is 5.29. The van der Waals surface area contributed by atoms with Gasteiger partial charge in [0.15, 0.2) is 22.4 Å². The molecule has 1 heterocycles. The molecule has 2 rings (SSSR count). The number of ketones is 1. The Kier molecular flexibility index (Phi) is 6.48. The number of carbonyl (C=O) groups is 2. The fourth-order valence-electron chi connectivity index (χ4n) is 1.95. The van der Waals surface area contributed by atoms with Crippen molar-refractivity contribution in [1.82, 2.24) is 4.98 Å². The largest absolute Gasteiger partial charge is 0.493 e. The average Bonchev–Trinajstić information content (AvgIpc) is 3.07. The third-order valence-corrected chi connectivity index (χ3v) is 3.97. The fraction of sp³-hybridized carbons (Fsp3) is 0.294. The Morgan fingerprint density at radius 1 is 1.36 bits per heavy atom. The van der Waals surface area contributed by atoms with Gasteiger partial charge in [-0.3, -0.25) is 9.59 Å². The van der Waals surface area contributed by atoms with Gasteiger partial charge >= 0.3 is 0 Å². The van der Waals surface area contributed by atoms with E-state index in [4.69, 9.17) is 14.7 Å². The van der Waals surface area contributed by atoms with Gasteiger partial charge in [-0.25, -0.2) is 4.98 Å². The highest BCUT2D eigenvalue weighted by Gasteiger charge is 2.10. The van der Waals surface area contributed by atoms with Crippen LogP contribution < -0.4 is 14.8 Å². The minimum atomic E-state index is -0.195. The zero-order valence-corrected chi connectivity index (χ0v) is 14.7. The van der Waals surface area contributed by atoms with Crippen LogP contribution in [0.4, 0.5) is 5.13 Å². The summed E-state index contributed by atoms with van der Waals surface area (Å²) in [7, 11) is 1.50. The molecule has 0 atom stereocenters. The molecule has 0 aliphatic rings. The van der Waals surface area contributed by atoms with Gasteiger partial charge in [-0.1, -0.05) is 0 Å². The highest BCUT2D eigenvalue weighted by atomic mass is 32.1. The van der Waals surface area contributed by atoms with Crippen LogP contribution in [0.15, 0.2) is 23.6 Å². The van der Waals surface area contributed by atoms with Crippen molar-refractivity contribution in [2.24, 2.45) is 0 Å². The molecule has 0 saturated heterocycles. The van der Waals surface area contributed by atoms with Crippen molar-refractivity contribution >= 4 is 28.2 Å². The van der Waals surface area contributed by atoms with E-state index in [2.05, 4.69) is 10.3 Å². The number of nitriles is 1. The summed E-state index contributed by atoms with van der Waals surface area (Å²) in [5.41, 5.74) is 0.827. The number of nitrogens with zero attached hydrogens (tertiary/aromatic N) is 2. The molecular formula is C17H17N3O4S. The lowest BCUT2D eigenvalue weighted by atomic mass is 10.2. The van der Waals surface area contributed by atoms with E-state index in [0.717, 1.165) is 0 Å². The first-order chi connectivity index (χ1) is 12.0. The molecule has 0 spiro atoms. The zero-order chi connectivity index (χ0) is 18.2. The number of anilines is 1. The van der Waals surface area contributed by atoms with Gasteiger partial charge in [0.05, 0.1) is 25.3 Å². The van der Waals surface area contributed by atoms with E-state index in [1.165, 1.54) is 25.4 Å². The lowest BCUT2D eigenvalue weighted by Crippen LogP contribution is -2.13. The topological polar surface area (TPSA) is 101 Å². The van der Waals surface area contributed by atoms with Gasteiger partial charge in [-0.2, -0.15) is 5.26 Å². The minimum Gasteiger partial charge on any atom is -0.493 e. The van der Waals surface area contributed by atoms with E-state index in [0.29, 0.717) is 40.9 Å². The molecule has 0 bridgehead atoms. The number of methoxy groups -OCH3 is 1. The summed E-state index contributed by atoms with van der Waals surface area (Å²) < 4.78 is 10.8. The summed E-state index contributed by atoms with van der Waals surface area (Å²) in [4.78, 5) is 27.1. The molecule has 1 N–H and O–H groups in total. The Hall–Kier alpha value is -2.92. The van der Waals surface area contributed by atoms with Crippen molar-refractivity contribution in [3.63, 3.8) is 0 Å². The number of hydrogen-bond donors (Lipinski definition) is 1. The van der Waals surface area contributed by atoms with Gasteiger partial charge in [0.2, 0.25) is 5.91 Å². The average molecular weight is 359 g/mol. The molecule has 0 radical (unpaired) electrons. The summed E-state index contributed by atoms with van der Waals surface area (Å²) in [5.74, 6) is 0.664. The van der Waals surface area contributed by atoms with E-state index in [1.54, 1.807) is 23.6 Å². The summed E-state index contributed by atoms with van der Waals surface area (Å²) in [6.45, 7) is 1.75. The Bertz CT molecular complexity index is 810. The fourth-order valence-corrected chi connectivity index (χ4v) is 2.71. The van der Waals surface area contributed by atoms with Crippen LogP contribution in [0, 0.1) is 11.3 Å². The lowest BCUT2D eigenvalue weighted by Gasteiger charge is -2.10. The number of ether oxygens (including phenoxy) is 2. The third-order valence-electron chi connectivity index (χ3n) is 3.21. The van der Waals surface area contributed by atoms with Crippen molar-refractivity contribution in [2.75, 3.05) is 19.0 Å². The second-order valence-electron chi connectivity index (χ2n) is 5.07. The van der Waals surface area contributed by atoms with E-state index >= 15 is 0 Å². The summed E-state index contributed by atoms with van der Waals surface area (Å²) in [6.07, 6.45) is 0.757. The molecule has 25 heavy (non-hydrogen) atoms. The molecule has 130 valence electrons. The number of Topliss-reactive ketones (excluding diaryl/α,β-unsaturated/α-hetero) is 1. The van der Waals surface area contributed by atoms with Gasteiger partial charge in [0.1, 0.15) is 5.69 Å². The highest BCUT2D eigenvalue weighted by Crippen LogP contribution is 2.28. The number of rotatable bonds is 8. The Balaban J connectivity index is 1.78. The first kappa shape index (κ1) is 18.4. The van der Waals surface area contributed by atoms with Crippen molar-refractivity contribution in [3.05, 3.63) is 34.8 Å². The van der Waals surface area contributed by atoms with E-state index in [1.807, 2.05) is 6.07 Å². The molecule has 1 aromatic heterocycles. The van der Waals surface area contributed by atoms with Gasteiger partial charge < -0.3 is 14.8 Å². The number of benzene rings is 1. The molecule has 0 saturated carbocycles.